The second-order valence-corrected chi connectivity index (χ2v) is 10.7. The normalized spacial score (nSPS) is 59.1. The third kappa shape index (κ3) is 2.14. The lowest BCUT2D eigenvalue weighted by molar-refractivity contribution is -0.0254. The van der Waals surface area contributed by atoms with Gasteiger partial charge in [0, 0.05) is 0 Å². The van der Waals surface area contributed by atoms with Gasteiger partial charge in [0.1, 0.15) is 0 Å². The van der Waals surface area contributed by atoms with Gasteiger partial charge in [-0.25, -0.2) is 0 Å². The van der Waals surface area contributed by atoms with Gasteiger partial charge in [0.25, 0.3) is 0 Å². The van der Waals surface area contributed by atoms with Crippen molar-refractivity contribution < 1.29 is 0 Å². The van der Waals surface area contributed by atoms with Crippen molar-refractivity contribution >= 4 is 0 Å². The third-order valence-corrected chi connectivity index (χ3v) is 8.59. The summed E-state index contributed by atoms with van der Waals surface area (Å²) < 4.78 is 0. The Kier molecular flexibility index (Phi) is 2.68. The lowest BCUT2D eigenvalue weighted by Gasteiger charge is -2.56. The molecule has 1 N–H and O–H groups in total. The maximum Gasteiger partial charge on any atom is 0.0845 e. The summed E-state index contributed by atoms with van der Waals surface area (Å²) in [5.41, 5.74) is 4.23. The lowest BCUT2D eigenvalue weighted by atomic mass is 9.53. The maximum atomic E-state index is 5.01. The van der Waals surface area contributed by atoms with Gasteiger partial charge in [0.2, 0.25) is 0 Å². The van der Waals surface area contributed by atoms with Crippen LogP contribution in [0.15, 0.2) is 10.3 Å². The number of rotatable bonds is 3. The molecule has 8 rings (SSSR count). The summed E-state index contributed by atoms with van der Waals surface area (Å²) in [6.45, 7) is 0. The number of hydrogen-bond acceptors (Lipinski definition) is 2. The van der Waals surface area contributed by atoms with Crippen LogP contribution in [0.1, 0.15) is 77.0 Å². The molecule has 0 saturated heterocycles. The Morgan fingerprint density at radius 1 is 0.565 bits per heavy atom. The predicted octanol–water partition coefficient (Wildman–Crippen LogP) is 4.88. The molecule has 3 nitrogen and oxygen atoms in total. The molecule has 8 fully saturated rings. The SMILES string of the molecule is C1C2CC3CC1CC(/N=N\NC14CC5CC(CC(C5)C1)C4)(C2)C3. The molecule has 0 unspecified atom stereocenters. The van der Waals surface area contributed by atoms with Gasteiger partial charge in [0.05, 0.1) is 11.1 Å². The van der Waals surface area contributed by atoms with Gasteiger partial charge in [-0.05, 0) is 113 Å². The fraction of sp³-hybridized carbons (Fsp3) is 1.00. The minimum absolute atomic E-state index is 0.240. The summed E-state index contributed by atoms with van der Waals surface area (Å²) >= 11 is 0. The van der Waals surface area contributed by atoms with Crippen LogP contribution in [0.2, 0.25) is 0 Å². The molecule has 0 radical (unpaired) electrons. The van der Waals surface area contributed by atoms with Crippen LogP contribution in [0.25, 0.3) is 0 Å². The smallest absolute Gasteiger partial charge is 0.0845 e. The Hall–Kier alpha value is -0.600. The van der Waals surface area contributed by atoms with Crippen molar-refractivity contribution in [1.82, 2.24) is 5.43 Å². The van der Waals surface area contributed by atoms with E-state index in [0.29, 0.717) is 5.54 Å². The second kappa shape index (κ2) is 4.52. The van der Waals surface area contributed by atoms with Gasteiger partial charge >= 0.3 is 0 Å². The highest BCUT2D eigenvalue weighted by Gasteiger charge is 2.53. The summed E-state index contributed by atoms with van der Waals surface area (Å²) in [5, 5.41) is 9.73. The van der Waals surface area contributed by atoms with E-state index in [1.54, 1.807) is 0 Å². The van der Waals surface area contributed by atoms with E-state index < -0.39 is 0 Å². The molecule has 0 spiro atoms. The Morgan fingerprint density at radius 3 is 1.39 bits per heavy atom. The first-order chi connectivity index (χ1) is 11.2. The summed E-state index contributed by atoms with van der Waals surface area (Å²) in [7, 11) is 0. The Bertz CT molecular complexity index is 466. The first-order valence-electron chi connectivity index (χ1n) is 10.4. The third-order valence-electron chi connectivity index (χ3n) is 8.59. The fourth-order valence-corrected chi connectivity index (χ4v) is 8.67. The van der Waals surface area contributed by atoms with E-state index in [0.717, 1.165) is 35.5 Å². The highest BCUT2D eigenvalue weighted by molar-refractivity contribution is 5.07. The molecule has 0 aromatic carbocycles. The minimum atomic E-state index is 0.240. The van der Waals surface area contributed by atoms with E-state index >= 15 is 0 Å². The van der Waals surface area contributed by atoms with Crippen molar-refractivity contribution in [1.29, 1.82) is 0 Å². The second-order valence-electron chi connectivity index (χ2n) is 10.7. The molecular formula is C20H31N3. The molecule has 3 heteroatoms. The van der Waals surface area contributed by atoms with Crippen LogP contribution in [0.4, 0.5) is 0 Å². The Morgan fingerprint density at radius 2 is 0.957 bits per heavy atom. The predicted molar refractivity (Wildman–Crippen MR) is 89.8 cm³/mol. The van der Waals surface area contributed by atoms with Crippen molar-refractivity contribution in [2.75, 3.05) is 0 Å². The number of nitrogens with zero attached hydrogens (tertiary/aromatic N) is 2. The standard InChI is InChI=1S/C20H31N3/c1-13-2-15-3-14(1)8-19(7-13,9-15)21-23-22-20-10-16-4-17(11-20)6-18(5-16)12-20/h13-18H,1-12H2,(H,21,22). The maximum absolute atomic E-state index is 5.01. The van der Waals surface area contributed by atoms with Gasteiger partial charge in [-0.1, -0.05) is 5.22 Å². The molecule has 0 amide bonds. The summed E-state index contributed by atoms with van der Waals surface area (Å²) in [6, 6.07) is 0. The first-order valence-corrected chi connectivity index (χ1v) is 10.4. The van der Waals surface area contributed by atoms with Gasteiger partial charge < -0.3 is 0 Å². The van der Waals surface area contributed by atoms with Gasteiger partial charge in [0.15, 0.2) is 0 Å². The molecule has 0 aromatic heterocycles. The van der Waals surface area contributed by atoms with Crippen LogP contribution in [0.3, 0.4) is 0 Å². The zero-order valence-corrected chi connectivity index (χ0v) is 14.3. The van der Waals surface area contributed by atoms with Crippen molar-refractivity contribution in [3.05, 3.63) is 0 Å². The molecule has 126 valence electrons. The molecule has 8 aliphatic rings. The molecule has 23 heavy (non-hydrogen) atoms. The van der Waals surface area contributed by atoms with Gasteiger partial charge in [-0.15, -0.1) is 0 Å². The molecule has 8 saturated carbocycles. The van der Waals surface area contributed by atoms with Crippen LogP contribution >= 0.6 is 0 Å². The van der Waals surface area contributed by atoms with E-state index in [1.807, 2.05) is 0 Å². The summed E-state index contributed by atoms with van der Waals surface area (Å²) in [5.74, 6) is 5.88. The van der Waals surface area contributed by atoms with Crippen LogP contribution in [0, 0.1) is 35.5 Å². The molecular weight excluding hydrogens is 282 g/mol. The van der Waals surface area contributed by atoms with Crippen molar-refractivity contribution in [2.24, 2.45) is 45.8 Å². The molecule has 0 aromatic rings. The van der Waals surface area contributed by atoms with E-state index in [1.165, 1.54) is 77.0 Å². The largest absolute Gasteiger partial charge is 0.286 e. The average molecular weight is 313 g/mol. The minimum Gasteiger partial charge on any atom is -0.286 e. The highest BCUT2D eigenvalue weighted by Crippen LogP contribution is 2.58. The van der Waals surface area contributed by atoms with Crippen molar-refractivity contribution in [3.63, 3.8) is 0 Å². The molecule has 0 aliphatic heterocycles. The molecule has 0 heterocycles. The van der Waals surface area contributed by atoms with Gasteiger partial charge in [-0.2, -0.15) is 5.11 Å². The fourth-order valence-electron chi connectivity index (χ4n) is 8.67. The Labute approximate surface area is 140 Å². The van der Waals surface area contributed by atoms with E-state index in [4.69, 9.17) is 10.3 Å². The zero-order valence-electron chi connectivity index (χ0n) is 14.3. The zero-order chi connectivity index (χ0) is 15.1. The van der Waals surface area contributed by atoms with Crippen LogP contribution < -0.4 is 5.43 Å². The highest BCUT2D eigenvalue weighted by atomic mass is 15.5. The Balaban J connectivity index is 1.19. The lowest BCUT2D eigenvalue weighted by Crippen LogP contribution is -2.57. The van der Waals surface area contributed by atoms with Crippen LogP contribution in [0.5, 0.6) is 0 Å². The molecule has 8 bridgehead atoms. The van der Waals surface area contributed by atoms with E-state index in [-0.39, 0.29) is 5.54 Å². The van der Waals surface area contributed by atoms with Gasteiger partial charge in [-0.3, -0.25) is 5.43 Å². The molecule has 8 aliphatic carbocycles. The molecule has 0 atom stereocenters. The van der Waals surface area contributed by atoms with Crippen molar-refractivity contribution in [2.45, 2.75) is 88.1 Å². The topological polar surface area (TPSA) is 36.8 Å². The first kappa shape index (κ1) is 13.7. The summed E-state index contributed by atoms with van der Waals surface area (Å²) in [6.07, 6.45) is 17.1. The van der Waals surface area contributed by atoms with Crippen molar-refractivity contribution in [3.8, 4) is 0 Å². The monoisotopic (exact) mass is 313 g/mol. The van der Waals surface area contributed by atoms with E-state index in [2.05, 4.69) is 5.43 Å². The number of nitrogens with one attached hydrogen (secondary N) is 1. The van der Waals surface area contributed by atoms with Crippen LogP contribution in [-0.2, 0) is 0 Å². The van der Waals surface area contributed by atoms with Crippen LogP contribution in [-0.4, -0.2) is 11.1 Å². The quantitative estimate of drug-likeness (QED) is 0.585. The number of hydrogen-bond donors (Lipinski definition) is 1. The van der Waals surface area contributed by atoms with E-state index in [9.17, 15) is 0 Å². The average Bonchev–Trinajstić information content (AvgIpc) is 2.43. The summed E-state index contributed by atoms with van der Waals surface area (Å²) in [4.78, 5) is 0.